The highest BCUT2D eigenvalue weighted by Gasteiger charge is 2.13. The molecule has 0 aliphatic carbocycles. The van der Waals surface area contributed by atoms with Crippen molar-refractivity contribution in [2.24, 2.45) is 0 Å². The average Bonchev–Trinajstić information content (AvgIpc) is 2.39. The van der Waals surface area contributed by atoms with Gasteiger partial charge in [-0.05, 0) is 36.4 Å². The van der Waals surface area contributed by atoms with Crippen LogP contribution in [-0.4, -0.2) is 18.9 Å². The molecule has 0 saturated heterocycles. The molecule has 0 aliphatic heterocycles. The molecule has 6 N–H and O–H groups in total. The Kier molecular flexibility index (Phi) is 4.20. The summed E-state index contributed by atoms with van der Waals surface area (Å²) in [6, 6.07) is 10.3. The Morgan fingerprint density at radius 2 is 1.86 bits per heavy atom. The molecule has 0 saturated carbocycles. The van der Waals surface area contributed by atoms with E-state index in [4.69, 9.17) is 16.0 Å². The maximum atomic E-state index is 12.1. The van der Waals surface area contributed by atoms with Gasteiger partial charge < -0.3 is 21.0 Å². The molecule has 116 valence electrons. The van der Waals surface area contributed by atoms with Gasteiger partial charge in [-0.15, -0.1) is 0 Å². The number of hydrogen-bond acceptors (Lipinski definition) is 6. The van der Waals surface area contributed by atoms with Crippen molar-refractivity contribution in [2.75, 3.05) is 16.8 Å². The van der Waals surface area contributed by atoms with Crippen LogP contribution in [0.3, 0.4) is 0 Å². The molecule has 2 aromatic rings. The van der Waals surface area contributed by atoms with Gasteiger partial charge >= 0.3 is 10.4 Å². The zero-order valence-corrected chi connectivity index (χ0v) is 12.0. The first-order chi connectivity index (χ1) is 10.2. The Bertz CT molecular complexity index is 820. The molecule has 0 unspecified atom stereocenters. The minimum atomic E-state index is -4.68. The fourth-order valence-corrected chi connectivity index (χ4v) is 2.08. The summed E-state index contributed by atoms with van der Waals surface area (Å²) in [5, 5.41) is 2.61. The zero-order chi connectivity index (χ0) is 16.3. The molecule has 0 radical (unpaired) electrons. The van der Waals surface area contributed by atoms with Gasteiger partial charge in [0.15, 0.2) is 5.75 Å². The van der Waals surface area contributed by atoms with E-state index in [0.717, 1.165) is 6.07 Å². The number of rotatable bonds is 4. The van der Waals surface area contributed by atoms with E-state index in [1.54, 1.807) is 24.3 Å². The number of amides is 1. The maximum absolute atomic E-state index is 12.1. The summed E-state index contributed by atoms with van der Waals surface area (Å²) in [6.07, 6.45) is 0. The van der Waals surface area contributed by atoms with Gasteiger partial charge in [0.2, 0.25) is 0 Å². The highest BCUT2D eigenvalue weighted by Crippen LogP contribution is 2.24. The lowest BCUT2D eigenvalue weighted by molar-refractivity contribution is 0.102. The van der Waals surface area contributed by atoms with Gasteiger partial charge in [0, 0.05) is 16.9 Å². The summed E-state index contributed by atoms with van der Waals surface area (Å²) >= 11 is 0. The van der Waals surface area contributed by atoms with Crippen molar-refractivity contribution in [3.8, 4) is 5.75 Å². The summed E-state index contributed by atoms with van der Waals surface area (Å²) < 4.78 is 34.1. The molecule has 2 rings (SSSR count). The van der Waals surface area contributed by atoms with Crippen LogP contribution >= 0.6 is 0 Å². The van der Waals surface area contributed by atoms with Crippen molar-refractivity contribution in [3.05, 3.63) is 48.0 Å². The fraction of sp³-hybridized carbons (Fsp3) is 0. The monoisotopic (exact) mass is 323 g/mol. The summed E-state index contributed by atoms with van der Waals surface area (Å²) in [4.78, 5) is 12.1. The molecule has 0 heterocycles. The molecule has 9 heteroatoms. The van der Waals surface area contributed by atoms with Crippen LogP contribution in [-0.2, 0) is 10.4 Å². The molecule has 0 bridgehead atoms. The van der Waals surface area contributed by atoms with Gasteiger partial charge in [-0.1, -0.05) is 6.07 Å². The first kappa shape index (κ1) is 15.6. The van der Waals surface area contributed by atoms with Gasteiger partial charge in [0.1, 0.15) is 0 Å². The normalized spacial score (nSPS) is 11.0. The average molecular weight is 323 g/mol. The van der Waals surface area contributed by atoms with E-state index in [1.807, 2.05) is 0 Å². The number of nitrogens with one attached hydrogen (secondary N) is 1. The smallest absolute Gasteiger partial charge is 0.399 e. The summed E-state index contributed by atoms with van der Waals surface area (Å²) in [6.45, 7) is 0. The molecule has 2 aromatic carbocycles. The van der Waals surface area contributed by atoms with E-state index < -0.39 is 16.3 Å². The number of nitrogens with two attached hydrogens (primary N) is 2. The molecule has 1 amide bonds. The number of benzene rings is 2. The second-order valence-corrected chi connectivity index (χ2v) is 5.37. The quantitative estimate of drug-likeness (QED) is 0.490. The van der Waals surface area contributed by atoms with Crippen molar-refractivity contribution in [1.82, 2.24) is 0 Å². The van der Waals surface area contributed by atoms with E-state index in [0.29, 0.717) is 11.4 Å². The van der Waals surface area contributed by atoms with E-state index >= 15 is 0 Å². The number of carbonyl (C=O) groups is 1. The topological polar surface area (TPSA) is 145 Å². The van der Waals surface area contributed by atoms with Crippen molar-refractivity contribution < 1.29 is 21.9 Å². The number of anilines is 3. The van der Waals surface area contributed by atoms with Gasteiger partial charge in [-0.25, -0.2) is 0 Å². The number of carbonyl (C=O) groups excluding carboxylic acids is 1. The molecular weight excluding hydrogens is 310 g/mol. The van der Waals surface area contributed by atoms with Gasteiger partial charge in [0.05, 0.1) is 5.69 Å². The molecular formula is C13H13N3O5S. The second kappa shape index (κ2) is 5.92. The minimum absolute atomic E-state index is 0.113. The van der Waals surface area contributed by atoms with Crippen LogP contribution in [0.1, 0.15) is 10.4 Å². The van der Waals surface area contributed by atoms with Crippen LogP contribution in [0.15, 0.2) is 42.5 Å². The molecule has 0 atom stereocenters. The van der Waals surface area contributed by atoms with E-state index in [-0.39, 0.29) is 17.0 Å². The van der Waals surface area contributed by atoms with E-state index in [2.05, 4.69) is 9.50 Å². The fourth-order valence-electron chi connectivity index (χ4n) is 1.70. The first-order valence-corrected chi connectivity index (χ1v) is 7.34. The standard InChI is InChI=1S/C13H13N3O5S/c14-9-2-1-3-10(7-9)16-13(17)8-4-5-12(11(15)6-8)21-22(18,19)20/h1-7H,14-15H2,(H,16,17)(H,18,19,20). The second-order valence-electron chi connectivity index (χ2n) is 4.34. The van der Waals surface area contributed by atoms with Crippen LogP contribution in [0.25, 0.3) is 0 Å². The van der Waals surface area contributed by atoms with Crippen molar-refractivity contribution in [2.45, 2.75) is 0 Å². The molecule has 0 aliphatic rings. The van der Waals surface area contributed by atoms with E-state index in [9.17, 15) is 13.2 Å². The highest BCUT2D eigenvalue weighted by atomic mass is 32.3. The highest BCUT2D eigenvalue weighted by molar-refractivity contribution is 7.81. The first-order valence-electron chi connectivity index (χ1n) is 5.98. The lowest BCUT2D eigenvalue weighted by Gasteiger charge is -2.09. The number of nitrogen functional groups attached to an aromatic ring is 2. The van der Waals surface area contributed by atoms with Crippen LogP contribution in [0.4, 0.5) is 17.1 Å². The molecule has 0 aromatic heterocycles. The zero-order valence-electron chi connectivity index (χ0n) is 11.2. The Balaban J connectivity index is 2.19. The van der Waals surface area contributed by atoms with Crippen molar-refractivity contribution in [1.29, 1.82) is 0 Å². The lowest BCUT2D eigenvalue weighted by atomic mass is 10.1. The Morgan fingerprint density at radius 3 is 2.45 bits per heavy atom. The minimum Gasteiger partial charge on any atom is -0.399 e. The van der Waals surface area contributed by atoms with Crippen LogP contribution < -0.4 is 21.0 Å². The van der Waals surface area contributed by atoms with Crippen LogP contribution in [0.5, 0.6) is 5.75 Å². The third-order valence-electron chi connectivity index (χ3n) is 2.61. The largest absolute Gasteiger partial charge is 0.446 e. The molecule has 8 nitrogen and oxygen atoms in total. The Morgan fingerprint density at radius 1 is 1.14 bits per heavy atom. The van der Waals surface area contributed by atoms with Gasteiger partial charge in [-0.2, -0.15) is 8.42 Å². The van der Waals surface area contributed by atoms with Crippen LogP contribution in [0.2, 0.25) is 0 Å². The molecule has 0 spiro atoms. The van der Waals surface area contributed by atoms with Crippen LogP contribution in [0, 0.1) is 0 Å². The Hall–Kier alpha value is -2.78. The van der Waals surface area contributed by atoms with Crippen molar-refractivity contribution >= 4 is 33.4 Å². The predicted octanol–water partition coefficient (Wildman–Crippen LogP) is 1.28. The lowest BCUT2D eigenvalue weighted by Crippen LogP contribution is -2.13. The molecule has 0 fully saturated rings. The maximum Gasteiger partial charge on any atom is 0.446 e. The Labute approximate surface area is 126 Å². The van der Waals surface area contributed by atoms with Gasteiger partial charge in [0.25, 0.3) is 5.91 Å². The van der Waals surface area contributed by atoms with Gasteiger partial charge in [-0.3, -0.25) is 9.35 Å². The number of hydrogen-bond donors (Lipinski definition) is 4. The third kappa shape index (κ3) is 4.11. The molecule has 22 heavy (non-hydrogen) atoms. The predicted molar refractivity (Wildman–Crippen MR) is 81.8 cm³/mol. The van der Waals surface area contributed by atoms with E-state index in [1.165, 1.54) is 12.1 Å². The summed E-state index contributed by atoms with van der Waals surface area (Å²) in [5.74, 6) is -0.737. The third-order valence-corrected chi connectivity index (χ3v) is 3.00. The summed E-state index contributed by atoms with van der Waals surface area (Å²) in [7, 11) is -4.68. The summed E-state index contributed by atoms with van der Waals surface area (Å²) in [5.41, 5.74) is 12.3. The SMILES string of the molecule is Nc1cccc(NC(=O)c2ccc(OS(=O)(=O)O)c(N)c2)c1. The van der Waals surface area contributed by atoms with Crippen molar-refractivity contribution in [3.63, 3.8) is 0 Å².